The molecule has 0 saturated heterocycles. The van der Waals surface area contributed by atoms with Crippen LogP contribution in [0.25, 0.3) is 0 Å². The lowest BCUT2D eigenvalue weighted by atomic mass is 9.97. The second kappa shape index (κ2) is 5.95. The minimum absolute atomic E-state index is 0.373. The van der Waals surface area contributed by atoms with Gasteiger partial charge in [-0.15, -0.1) is 0 Å². The molecule has 21 heavy (non-hydrogen) atoms. The fourth-order valence-electron chi connectivity index (χ4n) is 2.38. The number of furan rings is 1. The van der Waals surface area contributed by atoms with Crippen LogP contribution in [-0.2, 0) is 0 Å². The van der Waals surface area contributed by atoms with Gasteiger partial charge in [-0.2, -0.15) is 0 Å². The van der Waals surface area contributed by atoms with E-state index in [-0.39, 0.29) is 0 Å². The lowest BCUT2D eigenvalue weighted by molar-refractivity contribution is 0.173. The van der Waals surface area contributed by atoms with Crippen molar-refractivity contribution in [3.63, 3.8) is 0 Å². The first-order valence-corrected chi connectivity index (χ1v) is 6.80. The van der Waals surface area contributed by atoms with Crippen LogP contribution < -0.4 is 0 Å². The topological polar surface area (TPSA) is 53.6 Å². The molecule has 0 aliphatic heterocycles. The van der Waals surface area contributed by atoms with Gasteiger partial charge in [0.2, 0.25) is 0 Å². The number of hydrogen-bond acceptors (Lipinski definition) is 3. The van der Waals surface area contributed by atoms with Crippen molar-refractivity contribution in [1.29, 1.82) is 0 Å². The zero-order chi connectivity index (χ0) is 14.7. The van der Waals surface area contributed by atoms with Crippen LogP contribution in [0, 0.1) is 0 Å². The van der Waals surface area contributed by atoms with E-state index in [1.807, 2.05) is 60.7 Å². The predicted molar refractivity (Wildman–Crippen MR) is 79.7 cm³/mol. The van der Waals surface area contributed by atoms with Crippen molar-refractivity contribution in [2.24, 2.45) is 0 Å². The minimum atomic E-state index is -0.894. The zero-order valence-electron chi connectivity index (χ0n) is 11.4. The molecule has 2 N–H and O–H groups in total. The Hall–Kier alpha value is -2.36. The van der Waals surface area contributed by atoms with Crippen molar-refractivity contribution in [1.82, 2.24) is 0 Å². The number of aliphatic hydroxyl groups excluding tert-OH is 2. The summed E-state index contributed by atoms with van der Waals surface area (Å²) >= 11 is 0. The third-order valence-electron chi connectivity index (χ3n) is 3.50. The highest BCUT2D eigenvalue weighted by Crippen LogP contribution is 2.32. The van der Waals surface area contributed by atoms with Crippen molar-refractivity contribution in [2.75, 3.05) is 0 Å². The Morgan fingerprint density at radius 2 is 1.19 bits per heavy atom. The van der Waals surface area contributed by atoms with Gasteiger partial charge in [0.15, 0.2) is 0 Å². The smallest absolute Gasteiger partial charge is 0.142 e. The second-order valence-electron chi connectivity index (χ2n) is 4.87. The first-order chi connectivity index (χ1) is 10.3. The molecule has 0 aliphatic rings. The molecule has 0 amide bonds. The molecule has 3 rings (SSSR count). The van der Waals surface area contributed by atoms with Crippen LogP contribution in [0.4, 0.5) is 0 Å². The van der Waals surface area contributed by atoms with Gasteiger partial charge in [-0.1, -0.05) is 60.7 Å². The average Bonchev–Trinajstić information content (AvgIpc) is 3.04. The summed E-state index contributed by atoms with van der Waals surface area (Å²) in [5.74, 6) is 0.373. The van der Waals surface area contributed by atoms with E-state index in [2.05, 4.69) is 0 Å². The van der Waals surface area contributed by atoms with Gasteiger partial charge in [-0.25, -0.2) is 0 Å². The molecule has 0 saturated carbocycles. The van der Waals surface area contributed by atoms with Crippen LogP contribution in [0.1, 0.15) is 34.7 Å². The third-order valence-corrected chi connectivity index (χ3v) is 3.50. The molecule has 0 spiro atoms. The molecule has 1 aromatic heterocycles. The van der Waals surface area contributed by atoms with E-state index in [4.69, 9.17) is 4.42 Å². The molecule has 2 atom stereocenters. The first kappa shape index (κ1) is 13.6. The van der Waals surface area contributed by atoms with Gasteiger partial charge in [0.1, 0.15) is 18.0 Å². The third kappa shape index (κ3) is 2.75. The second-order valence-corrected chi connectivity index (χ2v) is 4.87. The quantitative estimate of drug-likeness (QED) is 0.769. The van der Waals surface area contributed by atoms with Gasteiger partial charge < -0.3 is 14.6 Å². The normalized spacial score (nSPS) is 13.8. The molecule has 0 bridgehead atoms. The van der Waals surface area contributed by atoms with E-state index in [1.54, 1.807) is 6.07 Å². The molecule has 2 unspecified atom stereocenters. The molecule has 0 fully saturated rings. The van der Waals surface area contributed by atoms with Crippen LogP contribution in [-0.4, -0.2) is 10.2 Å². The molecule has 0 aliphatic carbocycles. The Balaban J connectivity index is 1.94. The SMILES string of the molecule is OC(c1ccccc1)c1ccoc1C(O)c1ccccc1. The molecule has 3 nitrogen and oxygen atoms in total. The van der Waals surface area contributed by atoms with Gasteiger partial charge in [-0.05, 0) is 17.2 Å². The maximum atomic E-state index is 10.5. The van der Waals surface area contributed by atoms with Crippen molar-refractivity contribution >= 4 is 0 Å². The van der Waals surface area contributed by atoms with Crippen molar-refractivity contribution in [2.45, 2.75) is 12.2 Å². The minimum Gasteiger partial charge on any atom is -0.466 e. The number of benzene rings is 2. The number of hydrogen-bond donors (Lipinski definition) is 2. The molecular formula is C18H16O3. The van der Waals surface area contributed by atoms with Crippen molar-refractivity contribution in [3.05, 3.63) is 95.4 Å². The molecule has 3 heteroatoms. The van der Waals surface area contributed by atoms with E-state index in [1.165, 1.54) is 6.26 Å². The van der Waals surface area contributed by atoms with Crippen molar-refractivity contribution < 1.29 is 14.6 Å². The summed E-state index contributed by atoms with van der Waals surface area (Å²) in [5.41, 5.74) is 2.08. The van der Waals surface area contributed by atoms with Crippen molar-refractivity contribution in [3.8, 4) is 0 Å². The Labute approximate surface area is 123 Å². The fourth-order valence-corrected chi connectivity index (χ4v) is 2.38. The highest BCUT2D eigenvalue weighted by Gasteiger charge is 2.23. The van der Waals surface area contributed by atoms with E-state index in [0.29, 0.717) is 11.3 Å². The van der Waals surface area contributed by atoms with Crippen LogP contribution in [0.2, 0.25) is 0 Å². The predicted octanol–water partition coefficient (Wildman–Crippen LogP) is 3.44. The summed E-state index contributed by atoms with van der Waals surface area (Å²) in [7, 11) is 0. The highest BCUT2D eigenvalue weighted by molar-refractivity contribution is 5.35. The summed E-state index contributed by atoms with van der Waals surface area (Å²) in [4.78, 5) is 0. The Morgan fingerprint density at radius 1 is 0.667 bits per heavy atom. The van der Waals surface area contributed by atoms with Crippen LogP contribution in [0.15, 0.2) is 77.4 Å². The summed E-state index contributed by atoms with van der Waals surface area (Å²) < 4.78 is 5.41. The average molecular weight is 280 g/mol. The standard InChI is InChI=1S/C18H16O3/c19-16(13-7-3-1-4-8-13)15-11-12-21-18(15)17(20)14-9-5-2-6-10-14/h1-12,16-17,19-20H. The molecule has 2 aromatic carbocycles. The molecule has 3 aromatic rings. The summed E-state index contributed by atoms with van der Waals surface area (Å²) in [6, 6.07) is 20.3. The Kier molecular flexibility index (Phi) is 3.86. The first-order valence-electron chi connectivity index (χ1n) is 6.80. The van der Waals surface area contributed by atoms with Gasteiger partial charge in [-0.3, -0.25) is 0 Å². The van der Waals surface area contributed by atoms with Gasteiger partial charge in [0, 0.05) is 5.56 Å². The lowest BCUT2D eigenvalue weighted by Crippen LogP contribution is -2.06. The van der Waals surface area contributed by atoms with E-state index >= 15 is 0 Å². The van der Waals surface area contributed by atoms with E-state index in [9.17, 15) is 10.2 Å². The van der Waals surface area contributed by atoms with Gasteiger partial charge in [0.25, 0.3) is 0 Å². The zero-order valence-corrected chi connectivity index (χ0v) is 11.4. The summed E-state index contributed by atoms with van der Waals surface area (Å²) in [6.07, 6.45) is -0.226. The molecule has 0 radical (unpaired) electrons. The maximum Gasteiger partial charge on any atom is 0.142 e. The molecule has 106 valence electrons. The summed E-state index contributed by atoms with van der Waals surface area (Å²) in [6.45, 7) is 0. The van der Waals surface area contributed by atoms with Crippen LogP contribution in [0.5, 0.6) is 0 Å². The van der Waals surface area contributed by atoms with E-state index in [0.717, 1.165) is 11.1 Å². The lowest BCUT2D eigenvalue weighted by Gasteiger charge is -2.15. The van der Waals surface area contributed by atoms with Gasteiger partial charge in [0.05, 0.1) is 6.26 Å². The molecular weight excluding hydrogens is 264 g/mol. The number of rotatable bonds is 4. The monoisotopic (exact) mass is 280 g/mol. The largest absolute Gasteiger partial charge is 0.466 e. The number of aliphatic hydroxyl groups is 2. The maximum absolute atomic E-state index is 10.5. The molecule has 1 heterocycles. The Morgan fingerprint density at radius 3 is 1.76 bits per heavy atom. The fraction of sp³-hybridized carbons (Fsp3) is 0.111. The van der Waals surface area contributed by atoms with Crippen LogP contribution in [0.3, 0.4) is 0 Å². The Bertz CT molecular complexity index is 629. The van der Waals surface area contributed by atoms with Crippen LogP contribution >= 0.6 is 0 Å². The van der Waals surface area contributed by atoms with Gasteiger partial charge >= 0.3 is 0 Å². The van der Waals surface area contributed by atoms with E-state index < -0.39 is 12.2 Å². The highest BCUT2D eigenvalue weighted by atomic mass is 16.4. The summed E-state index contributed by atoms with van der Waals surface area (Å²) in [5, 5.41) is 20.9.